The van der Waals surface area contributed by atoms with Crippen LogP contribution in [0.4, 0.5) is 4.39 Å². The number of benzene rings is 3. The Morgan fingerprint density at radius 1 is 0.769 bits per heavy atom. The van der Waals surface area contributed by atoms with E-state index in [4.69, 9.17) is 18.9 Å². The highest BCUT2D eigenvalue weighted by Gasteiger charge is 2.57. The highest BCUT2D eigenvalue weighted by atomic mass is 19.1. The standard InChI is InChI=1S/C32H32FNO5/c1-2-27-29(37-21-24-14-8-4-9-15-24)30(38-22-25-16-10-5-11-17-25)32(35,39-27)26-18-19-28(34-31(26)33)36-20-23-12-6-3-7-13-23/h3-19,27,29-30,35H,2,20-22H2,1H3/t27-,29+,30?,32+/m1/s1. The van der Waals surface area contributed by atoms with Crippen molar-refractivity contribution < 1.29 is 28.4 Å². The molecular weight excluding hydrogens is 497 g/mol. The Hall–Kier alpha value is -3.62. The lowest BCUT2D eigenvalue weighted by Crippen LogP contribution is -2.44. The minimum absolute atomic E-state index is 0.104. The normalized spacial score (nSPS) is 22.6. The van der Waals surface area contributed by atoms with E-state index in [0.29, 0.717) is 13.0 Å². The molecule has 6 nitrogen and oxygen atoms in total. The molecule has 1 N–H and O–H groups in total. The maximum Gasteiger partial charge on any atom is 0.227 e. The molecule has 1 fully saturated rings. The molecule has 1 aliphatic rings. The fourth-order valence-electron chi connectivity index (χ4n) is 4.74. The molecule has 1 saturated heterocycles. The van der Waals surface area contributed by atoms with E-state index in [1.165, 1.54) is 12.1 Å². The summed E-state index contributed by atoms with van der Waals surface area (Å²) in [5.74, 6) is -2.91. The van der Waals surface area contributed by atoms with Crippen molar-refractivity contribution in [1.82, 2.24) is 4.98 Å². The smallest absolute Gasteiger partial charge is 0.227 e. The van der Waals surface area contributed by atoms with Crippen molar-refractivity contribution in [3.63, 3.8) is 0 Å². The Kier molecular flexibility index (Phi) is 8.64. The molecule has 1 aromatic heterocycles. The number of halogens is 1. The third-order valence-electron chi connectivity index (χ3n) is 6.78. The zero-order valence-electron chi connectivity index (χ0n) is 21.8. The van der Waals surface area contributed by atoms with Crippen molar-refractivity contribution in [3.05, 3.63) is 131 Å². The molecule has 5 rings (SSSR count). The summed E-state index contributed by atoms with van der Waals surface area (Å²) in [4.78, 5) is 3.97. The number of aromatic nitrogens is 1. The van der Waals surface area contributed by atoms with Gasteiger partial charge in [0.1, 0.15) is 18.8 Å². The van der Waals surface area contributed by atoms with Crippen LogP contribution in [0.1, 0.15) is 35.6 Å². The molecular formula is C32H32FNO5. The second kappa shape index (κ2) is 12.5. The van der Waals surface area contributed by atoms with Crippen LogP contribution in [0.15, 0.2) is 103 Å². The van der Waals surface area contributed by atoms with Crippen LogP contribution >= 0.6 is 0 Å². The van der Waals surface area contributed by atoms with Gasteiger partial charge in [0.15, 0.2) is 0 Å². The van der Waals surface area contributed by atoms with Gasteiger partial charge < -0.3 is 24.1 Å². The molecule has 3 aromatic carbocycles. The van der Waals surface area contributed by atoms with Gasteiger partial charge in [-0.2, -0.15) is 9.37 Å². The average Bonchev–Trinajstić information content (AvgIpc) is 3.26. The van der Waals surface area contributed by atoms with Crippen LogP contribution in [-0.2, 0) is 39.8 Å². The van der Waals surface area contributed by atoms with Crippen LogP contribution in [0.5, 0.6) is 5.88 Å². The molecule has 202 valence electrons. The van der Waals surface area contributed by atoms with Gasteiger partial charge in [-0.15, -0.1) is 0 Å². The molecule has 39 heavy (non-hydrogen) atoms. The molecule has 0 bridgehead atoms. The van der Waals surface area contributed by atoms with Crippen molar-refractivity contribution in [2.75, 3.05) is 0 Å². The first-order valence-corrected chi connectivity index (χ1v) is 13.1. The lowest BCUT2D eigenvalue weighted by atomic mass is 9.97. The fourth-order valence-corrected chi connectivity index (χ4v) is 4.74. The Balaban J connectivity index is 1.40. The third-order valence-corrected chi connectivity index (χ3v) is 6.78. The second-order valence-electron chi connectivity index (χ2n) is 9.50. The molecule has 0 saturated carbocycles. The van der Waals surface area contributed by atoms with Gasteiger partial charge in [0, 0.05) is 6.07 Å². The first kappa shape index (κ1) is 27.0. The summed E-state index contributed by atoms with van der Waals surface area (Å²) in [6, 6.07) is 31.8. The monoisotopic (exact) mass is 529 g/mol. The van der Waals surface area contributed by atoms with E-state index in [9.17, 15) is 5.11 Å². The summed E-state index contributed by atoms with van der Waals surface area (Å²) < 4.78 is 39.8. The molecule has 4 aromatic rings. The zero-order valence-corrected chi connectivity index (χ0v) is 21.8. The maximum absolute atomic E-state index is 15.5. The van der Waals surface area contributed by atoms with Crippen LogP contribution in [0.3, 0.4) is 0 Å². The molecule has 0 amide bonds. The van der Waals surface area contributed by atoms with Crippen LogP contribution in [0.25, 0.3) is 0 Å². The number of hydrogen-bond acceptors (Lipinski definition) is 6. The van der Waals surface area contributed by atoms with Gasteiger partial charge in [0.25, 0.3) is 0 Å². The largest absolute Gasteiger partial charge is 0.473 e. The topological polar surface area (TPSA) is 70.0 Å². The molecule has 2 heterocycles. The number of nitrogens with zero attached hydrogens (tertiary/aromatic N) is 1. The third kappa shape index (κ3) is 6.34. The summed E-state index contributed by atoms with van der Waals surface area (Å²) in [6.07, 6.45) is -1.68. The van der Waals surface area contributed by atoms with Crippen molar-refractivity contribution in [2.45, 2.75) is 57.3 Å². The SMILES string of the molecule is CC[C@H]1O[C@@](O)(c2ccc(OCc3ccccc3)nc2F)C(OCc2ccccc2)[C@H]1OCc1ccccc1. The van der Waals surface area contributed by atoms with Crippen molar-refractivity contribution in [3.8, 4) is 5.88 Å². The van der Waals surface area contributed by atoms with Gasteiger partial charge in [-0.05, 0) is 29.2 Å². The average molecular weight is 530 g/mol. The Bertz CT molecular complexity index is 1320. The molecule has 0 aliphatic carbocycles. The van der Waals surface area contributed by atoms with E-state index in [2.05, 4.69) is 4.98 Å². The summed E-state index contributed by atoms with van der Waals surface area (Å²) in [7, 11) is 0. The van der Waals surface area contributed by atoms with Crippen LogP contribution < -0.4 is 4.74 Å². The molecule has 4 atom stereocenters. The summed E-state index contributed by atoms with van der Waals surface area (Å²) in [5, 5.41) is 11.9. The van der Waals surface area contributed by atoms with Gasteiger partial charge >= 0.3 is 0 Å². The van der Waals surface area contributed by atoms with Gasteiger partial charge in [0.2, 0.25) is 17.6 Å². The number of hydrogen-bond donors (Lipinski definition) is 1. The number of aliphatic hydroxyl groups is 1. The van der Waals surface area contributed by atoms with Crippen molar-refractivity contribution in [2.24, 2.45) is 0 Å². The highest BCUT2D eigenvalue weighted by Crippen LogP contribution is 2.43. The Morgan fingerprint density at radius 3 is 1.85 bits per heavy atom. The fraction of sp³-hybridized carbons (Fsp3) is 0.281. The lowest BCUT2D eigenvalue weighted by Gasteiger charge is -2.31. The molecule has 1 aliphatic heterocycles. The van der Waals surface area contributed by atoms with Crippen LogP contribution in [-0.4, -0.2) is 28.4 Å². The van der Waals surface area contributed by atoms with E-state index >= 15 is 4.39 Å². The number of pyridine rings is 1. The predicted octanol–water partition coefficient (Wildman–Crippen LogP) is 5.92. The summed E-state index contributed by atoms with van der Waals surface area (Å²) >= 11 is 0. The maximum atomic E-state index is 15.5. The minimum Gasteiger partial charge on any atom is -0.473 e. The number of ether oxygens (including phenoxy) is 4. The molecule has 0 radical (unpaired) electrons. The second-order valence-corrected chi connectivity index (χ2v) is 9.50. The van der Waals surface area contributed by atoms with Gasteiger partial charge in [-0.25, -0.2) is 0 Å². The van der Waals surface area contributed by atoms with E-state index in [1.807, 2.05) is 97.9 Å². The Morgan fingerprint density at radius 2 is 1.31 bits per heavy atom. The lowest BCUT2D eigenvalue weighted by molar-refractivity contribution is -0.251. The van der Waals surface area contributed by atoms with E-state index in [0.717, 1.165) is 16.7 Å². The number of rotatable bonds is 11. The quantitative estimate of drug-likeness (QED) is 0.243. The van der Waals surface area contributed by atoms with Crippen LogP contribution in [0.2, 0.25) is 0 Å². The first-order chi connectivity index (χ1) is 19.1. The van der Waals surface area contributed by atoms with Gasteiger partial charge in [-0.3, -0.25) is 0 Å². The van der Waals surface area contributed by atoms with E-state index in [1.54, 1.807) is 0 Å². The van der Waals surface area contributed by atoms with Crippen LogP contribution in [0, 0.1) is 5.95 Å². The van der Waals surface area contributed by atoms with Gasteiger partial charge in [0.05, 0.1) is 24.9 Å². The minimum atomic E-state index is -2.12. The molecule has 7 heteroatoms. The highest BCUT2D eigenvalue weighted by molar-refractivity contribution is 5.27. The summed E-state index contributed by atoms with van der Waals surface area (Å²) in [6.45, 7) is 2.65. The van der Waals surface area contributed by atoms with E-state index < -0.39 is 30.0 Å². The molecule has 0 spiro atoms. The predicted molar refractivity (Wildman–Crippen MR) is 144 cm³/mol. The Labute approximate surface area is 228 Å². The van der Waals surface area contributed by atoms with Crippen molar-refractivity contribution >= 4 is 0 Å². The zero-order chi connectivity index (χ0) is 27.1. The van der Waals surface area contributed by atoms with Crippen molar-refractivity contribution in [1.29, 1.82) is 0 Å². The summed E-state index contributed by atoms with van der Waals surface area (Å²) in [5.41, 5.74) is 2.68. The van der Waals surface area contributed by atoms with E-state index in [-0.39, 0.29) is 24.7 Å². The van der Waals surface area contributed by atoms with Gasteiger partial charge in [-0.1, -0.05) is 97.9 Å². The first-order valence-electron chi connectivity index (χ1n) is 13.1. The molecule has 1 unspecified atom stereocenters.